The van der Waals surface area contributed by atoms with Crippen LogP contribution < -0.4 is 5.73 Å². The molecule has 2 fully saturated rings. The SMILES string of the molecule is N=C(N)CC1(CN2CCC(CCO)C2)CC1. The van der Waals surface area contributed by atoms with Crippen LogP contribution in [-0.4, -0.2) is 42.1 Å². The van der Waals surface area contributed by atoms with Crippen molar-refractivity contribution in [3.8, 4) is 0 Å². The highest BCUT2D eigenvalue weighted by molar-refractivity contribution is 5.78. The van der Waals surface area contributed by atoms with E-state index < -0.39 is 0 Å². The molecule has 16 heavy (non-hydrogen) atoms. The summed E-state index contributed by atoms with van der Waals surface area (Å²) in [4.78, 5) is 2.50. The third kappa shape index (κ3) is 2.95. The van der Waals surface area contributed by atoms with Crippen molar-refractivity contribution >= 4 is 5.84 Å². The number of amidine groups is 1. The summed E-state index contributed by atoms with van der Waals surface area (Å²) < 4.78 is 0. The van der Waals surface area contributed by atoms with Gasteiger partial charge in [-0.05, 0) is 43.6 Å². The van der Waals surface area contributed by atoms with Crippen molar-refractivity contribution < 1.29 is 5.11 Å². The molecule has 2 rings (SSSR count). The van der Waals surface area contributed by atoms with Gasteiger partial charge in [-0.2, -0.15) is 0 Å². The number of nitrogens with zero attached hydrogens (tertiary/aromatic N) is 1. The van der Waals surface area contributed by atoms with Crippen LogP contribution in [0.5, 0.6) is 0 Å². The van der Waals surface area contributed by atoms with Crippen LogP contribution in [0.1, 0.15) is 32.1 Å². The van der Waals surface area contributed by atoms with E-state index >= 15 is 0 Å². The molecule has 0 spiro atoms. The van der Waals surface area contributed by atoms with Crippen LogP contribution in [-0.2, 0) is 0 Å². The zero-order valence-electron chi connectivity index (χ0n) is 9.91. The predicted molar refractivity (Wildman–Crippen MR) is 64.4 cm³/mol. The van der Waals surface area contributed by atoms with Gasteiger partial charge in [-0.1, -0.05) is 0 Å². The molecule has 0 aromatic carbocycles. The maximum atomic E-state index is 8.91. The van der Waals surface area contributed by atoms with Gasteiger partial charge >= 0.3 is 0 Å². The molecule has 2 aliphatic rings. The topological polar surface area (TPSA) is 73.3 Å². The third-order valence-corrected chi connectivity index (χ3v) is 3.99. The fraction of sp³-hybridized carbons (Fsp3) is 0.917. The fourth-order valence-electron chi connectivity index (χ4n) is 2.92. The van der Waals surface area contributed by atoms with Crippen LogP contribution in [0.15, 0.2) is 0 Å². The highest BCUT2D eigenvalue weighted by atomic mass is 16.3. The summed E-state index contributed by atoms with van der Waals surface area (Å²) in [6, 6.07) is 0. The van der Waals surface area contributed by atoms with E-state index in [2.05, 4.69) is 4.90 Å². The van der Waals surface area contributed by atoms with E-state index in [0.29, 0.717) is 23.8 Å². The molecule has 0 amide bonds. The average molecular weight is 225 g/mol. The lowest BCUT2D eigenvalue weighted by molar-refractivity contribution is 0.234. The zero-order valence-corrected chi connectivity index (χ0v) is 9.91. The minimum absolute atomic E-state index is 0.317. The Kier molecular flexibility index (Phi) is 3.50. The van der Waals surface area contributed by atoms with Crippen LogP contribution in [0.3, 0.4) is 0 Å². The Labute approximate surface area is 97.3 Å². The Morgan fingerprint density at radius 3 is 2.81 bits per heavy atom. The summed E-state index contributed by atoms with van der Waals surface area (Å²) in [5.74, 6) is 1.02. The third-order valence-electron chi connectivity index (χ3n) is 3.99. The maximum absolute atomic E-state index is 8.91. The first-order valence-corrected chi connectivity index (χ1v) is 6.30. The molecule has 1 heterocycles. The smallest absolute Gasteiger partial charge is 0.0911 e. The molecule has 1 aliphatic heterocycles. The lowest BCUT2D eigenvalue weighted by Crippen LogP contribution is -2.31. The normalized spacial score (nSPS) is 28.2. The molecule has 1 saturated carbocycles. The molecule has 4 nitrogen and oxygen atoms in total. The van der Waals surface area contributed by atoms with E-state index in [-0.39, 0.29) is 0 Å². The molecule has 4 heteroatoms. The largest absolute Gasteiger partial charge is 0.396 e. The number of aliphatic hydroxyl groups excluding tert-OH is 1. The number of aliphatic hydroxyl groups is 1. The zero-order chi connectivity index (χ0) is 11.6. The number of hydrogen-bond donors (Lipinski definition) is 3. The Morgan fingerprint density at radius 1 is 1.50 bits per heavy atom. The number of nitrogens with two attached hydrogens (primary N) is 1. The second-order valence-corrected chi connectivity index (χ2v) is 5.60. The molecule has 4 N–H and O–H groups in total. The minimum atomic E-state index is 0.317. The quantitative estimate of drug-likeness (QED) is 0.462. The Balaban J connectivity index is 1.76. The first kappa shape index (κ1) is 11.9. The lowest BCUT2D eigenvalue weighted by Gasteiger charge is -2.23. The van der Waals surface area contributed by atoms with Gasteiger partial charge in [-0.25, -0.2) is 0 Å². The van der Waals surface area contributed by atoms with Crippen LogP contribution in [0.25, 0.3) is 0 Å². The molecule has 0 radical (unpaired) electrons. The van der Waals surface area contributed by atoms with Crippen molar-refractivity contribution in [2.45, 2.75) is 32.1 Å². The second-order valence-electron chi connectivity index (χ2n) is 5.60. The van der Waals surface area contributed by atoms with E-state index in [0.717, 1.165) is 32.5 Å². The minimum Gasteiger partial charge on any atom is -0.396 e. The van der Waals surface area contributed by atoms with Gasteiger partial charge in [0, 0.05) is 26.1 Å². The van der Waals surface area contributed by atoms with E-state index in [4.69, 9.17) is 16.2 Å². The molecule has 1 saturated heterocycles. The molecule has 0 bridgehead atoms. The van der Waals surface area contributed by atoms with Crippen LogP contribution in [0.4, 0.5) is 0 Å². The fourth-order valence-corrected chi connectivity index (χ4v) is 2.92. The number of hydrogen-bond acceptors (Lipinski definition) is 3. The summed E-state index contributed by atoms with van der Waals surface area (Å²) in [5, 5.41) is 16.3. The van der Waals surface area contributed by atoms with Crippen molar-refractivity contribution in [3.63, 3.8) is 0 Å². The van der Waals surface area contributed by atoms with Crippen molar-refractivity contribution in [1.29, 1.82) is 5.41 Å². The van der Waals surface area contributed by atoms with Crippen molar-refractivity contribution in [1.82, 2.24) is 4.90 Å². The molecular weight excluding hydrogens is 202 g/mol. The van der Waals surface area contributed by atoms with Crippen LogP contribution in [0.2, 0.25) is 0 Å². The molecular formula is C12H23N3O. The second kappa shape index (κ2) is 4.72. The molecule has 0 aromatic rings. The van der Waals surface area contributed by atoms with Gasteiger partial charge in [-0.15, -0.1) is 0 Å². The van der Waals surface area contributed by atoms with Crippen molar-refractivity contribution in [3.05, 3.63) is 0 Å². The van der Waals surface area contributed by atoms with Gasteiger partial charge in [0.25, 0.3) is 0 Å². The highest BCUT2D eigenvalue weighted by Gasteiger charge is 2.44. The summed E-state index contributed by atoms with van der Waals surface area (Å²) in [6.45, 7) is 3.70. The van der Waals surface area contributed by atoms with E-state index in [9.17, 15) is 0 Å². The Bertz CT molecular complexity index is 263. The summed E-state index contributed by atoms with van der Waals surface area (Å²) in [7, 11) is 0. The van der Waals surface area contributed by atoms with Gasteiger partial charge in [0.15, 0.2) is 0 Å². The van der Waals surface area contributed by atoms with Crippen LogP contribution in [0, 0.1) is 16.7 Å². The molecule has 1 aliphatic carbocycles. The predicted octanol–water partition coefficient (Wildman–Crippen LogP) is 0.797. The number of rotatable bonds is 6. The molecule has 92 valence electrons. The van der Waals surface area contributed by atoms with Crippen molar-refractivity contribution in [2.24, 2.45) is 17.1 Å². The average Bonchev–Trinajstić information content (AvgIpc) is 2.77. The Morgan fingerprint density at radius 2 is 2.25 bits per heavy atom. The first-order chi connectivity index (χ1) is 7.63. The molecule has 1 atom stereocenters. The van der Waals surface area contributed by atoms with Gasteiger partial charge in [0.1, 0.15) is 0 Å². The maximum Gasteiger partial charge on any atom is 0.0911 e. The highest BCUT2D eigenvalue weighted by Crippen LogP contribution is 2.49. The van der Waals surface area contributed by atoms with E-state index in [1.54, 1.807) is 0 Å². The summed E-state index contributed by atoms with van der Waals surface area (Å²) >= 11 is 0. The van der Waals surface area contributed by atoms with Gasteiger partial charge < -0.3 is 15.7 Å². The van der Waals surface area contributed by atoms with E-state index in [1.165, 1.54) is 19.3 Å². The standard InChI is InChI=1S/C12H23N3O/c13-11(14)7-12(3-4-12)9-15-5-1-10(8-15)2-6-16/h10,16H,1-9H2,(H3,13,14). The lowest BCUT2D eigenvalue weighted by atomic mass is 10.0. The first-order valence-electron chi connectivity index (χ1n) is 6.30. The van der Waals surface area contributed by atoms with Gasteiger partial charge in [0.05, 0.1) is 5.84 Å². The van der Waals surface area contributed by atoms with E-state index in [1.807, 2.05) is 0 Å². The Hall–Kier alpha value is -0.610. The molecule has 1 unspecified atom stereocenters. The number of nitrogens with one attached hydrogen (secondary N) is 1. The number of likely N-dealkylation sites (tertiary alicyclic amines) is 1. The van der Waals surface area contributed by atoms with Gasteiger partial charge in [0.2, 0.25) is 0 Å². The molecule has 0 aromatic heterocycles. The monoisotopic (exact) mass is 225 g/mol. The summed E-state index contributed by atoms with van der Waals surface area (Å²) in [6.07, 6.45) is 5.39. The van der Waals surface area contributed by atoms with Crippen molar-refractivity contribution in [2.75, 3.05) is 26.2 Å². The van der Waals surface area contributed by atoms with Gasteiger partial charge in [-0.3, -0.25) is 5.41 Å². The van der Waals surface area contributed by atoms with Crippen LogP contribution >= 0.6 is 0 Å². The summed E-state index contributed by atoms with van der Waals surface area (Å²) in [5.41, 5.74) is 5.83.